The van der Waals surface area contributed by atoms with Gasteiger partial charge in [-0.3, -0.25) is 9.78 Å². The molecule has 0 spiro atoms. The maximum absolute atomic E-state index is 12.7. The first-order chi connectivity index (χ1) is 12.3. The summed E-state index contributed by atoms with van der Waals surface area (Å²) < 4.78 is 7.29. The van der Waals surface area contributed by atoms with Crippen LogP contribution in [0.2, 0.25) is 0 Å². The number of carbonyl (C=O) groups excluding carboxylic acids is 1. The van der Waals surface area contributed by atoms with E-state index in [-0.39, 0.29) is 12.0 Å². The molecule has 1 unspecified atom stereocenters. The Labute approximate surface area is 143 Å². The number of carbonyl (C=O) groups is 1. The smallest absolute Gasteiger partial charge is 0.254 e. The molecule has 25 heavy (non-hydrogen) atoms. The van der Waals surface area contributed by atoms with Gasteiger partial charge in [-0.2, -0.15) is 0 Å². The lowest BCUT2D eigenvalue weighted by atomic mass is 10.2. The summed E-state index contributed by atoms with van der Waals surface area (Å²) in [6.45, 7) is 1.16. The summed E-state index contributed by atoms with van der Waals surface area (Å²) in [5.74, 6) is 0.433. The fourth-order valence-corrected chi connectivity index (χ4v) is 2.77. The largest absolute Gasteiger partial charge is 0.471 e. The van der Waals surface area contributed by atoms with E-state index >= 15 is 0 Å². The van der Waals surface area contributed by atoms with E-state index in [0.717, 1.165) is 12.1 Å². The lowest BCUT2D eigenvalue weighted by molar-refractivity contribution is 0.0771. The maximum atomic E-state index is 12.7. The zero-order valence-electron chi connectivity index (χ0n) is 13.3. The van der Waals surface area contributed by atoms with Crippen molar-refractivity contribution in [1.29, 1.82) is 0 Å². The number of amides is 1. The van der Waals surface area contributed by atoms with Crippen molar-refractivity contribution in [2.45, 2.75) is 12.5 Å². The second-order valence-electron chi connectivity index (χ2n) is 5.63. The van der Waals surface area contributed by atoms with Crippen LogP contribution in [0.3, 0.4) is 0 Å². The van der Waals surface area contributed by atoms with E-state index in [0.29, 0.717) is 24.5 Å². The molecule has 0 aliphatic carbocycles. The molecular formula is C16H15N7O2. The Morgan fingerprint density at radius 3 is 3.04 bits per heavy atom. The van der Waals surface area contributed by atoms with Crippen molar-refractivity contribution in [3.8, 4) is 11.6 Å². The summed E-state index contributed by atoms with van der Waals surface area (Å²) in [6.07, 6.45) is 6.91. The molecule has 1 fully saturated rings. The third-order valence-electron chi connectivity index (χ3n) is 3.97. The Kier molecular flexibility index (Phi) is 4.03. The van der Waals surface area contributed by atoms with Crippen LogP contribution in [0.4, 0.5) is 0 Å². The Morgan fingerprint density at radius 2 is 2.24 bits per heavy atom. The van der Waals surface area contributed by atoms with Crippen molar-refractivity contribution in [3.05, 3.63) is 54.7 Å². The number of benzene rings is 1. The van der Waals surface area contributed by atoms with E-state index in [1.165, 1.54) is 11.0 Å². The highest BCUT2D eigenvalue weighted by atomic mass is 16.5. The number of hydrogen-bond acceptors (Lipinski definition) is 7. The van der Waals surface area contributed by atoms with Gasteiger partial charge in [0.15, 0.2) is 0 Å². The predicted octanol–water partition coefficient (Wildman–Crippen LogP) is 0.746. The molecule has 0 N–H and O–H groups in total. The first kappa shape index (κ1) is 15.2. The minimum Gasteiger partial charge on any atom is -0.471 e. The fourth-order valence-electron chi connectivity index (χ4n) is 2.77. The SMILES string of the molecule is O=C(c1cccc(-n2cnnn2)c1)N1CCC(Oc2cnccn2)C1. The van der Waals surface area contributed by atoms with Crippen LogP contribution in [0.15, 0.2) is 49.2 Å². The number of aromatic nitrogens is 6. The number of hydrogen-bond donors (Lipinski definition) is 0. The van der Waals surface area contributed by atoms with E-state index in [1.54, 1.807) is 35.6 Å². The summed E-state index contributed by atoms with van der Waals surface area (Å²) in [5, 5.41) is 11.1. The van der Waals surface area contributed by atoms with Crippen LogP contribution in [0.25, 0.3) is 5.69 Å². The zero-order chi connectivity index (χ0) is 17.1. The van der Waals surface area contributed by atoms with Crippen LogP contribution in [0, 0.1) is 0 Å². The fraction of sp³-hybridized carbons (Fsp3) is 0.250. The molecule has 0 bridgehead atoms. The standard InChI is InChI=1S/C16H15N7O2/c24-16(12-2-1-3-13(8-12)23-11-19-20-21-23)22-7-4-14(10-22)25-15-9-17-5-6-18-15/h1-3,5-6,8-9,11,14H,4,7,10H2. The molecule has 1 aliphatic heterocycles. The van der Waals surface area contributed by atoms with E-state index in [9.17, 15) is 4.79 Å². The number of nitrogens with zero attached hydrogens (tertiary/aromatic N) is 7. The molecule has 1 saturated heterocycles. The third kappa shape index (κ3) is 3.30. The summed E-state index contributed by atoms with van der Waals surface area (Å²) >= 11 is 0. The molecule has 0 radical (unpaired) electrons. The normalized spacial score (nSPS) is 16.8. The topological polar surface area (TPSA) is 98.9 Å². The quantitative estimate of drug-likeness (QED) is 0.692. The predicted molar refractivity (Wildman–Crippen MR) is 86.1 cm³/mol. The van der Waals surface area contributed by atoms with E-state index in [1.807, 2.05) is 12.1 Å². The summed E-state index contributed by atoms with van der Waals surface area (Å²) in [7, 11) is 0. The van der Waals surface area contributed by atoms with E-state index in [2.05, 4.69) is 25.5 Å². The minimum absolute atomic E-state index is 0.0415. The van der Waals surface area contributed by atoms with Crippen molar-refractivity contribution < 1.29 is 9.53 Å². The lowest BCUT2D eigenvalue weighted by Crippen LogP contribution is -2.31. The van der Waals surface area contributed by atoms with Gasteiger partial charge in [0.1, 0.15) is 12.4 Å². The Bertz CT molecular complexity index is 854. The van der Waals surface area contributed by atoms with Gasteiger partial charge in [0.05, 0.1) is 18.4 Å². The molecule has 1 amide bonds. The molecular weight excluding hydrogens is 322 g/mol. The van der Waals surface area contributed by atoms with Gasteiger partial charge in [-0.25, -0.2) is 9.67 Å². The summed E-state index contributed by atoms with van der Waals surface area (Å²) in [6, 6.07) is 7.22. The molecule has 3 heterocycles. The molecule has 1 aliphatic rings. The van der Waals surface area contributed by atoms with Gasteiger partial charge in [0.25, 0.3) is 5.91 Å². The second-order valence-corrected chi connectivity index (χ2v) is 5.63. The third-order valence-corrected chi connectivity index (χ3v) is 3.97. The second kappa shape index (κ2) is 6.63. The average Bonchev–Trinajstić information content (AvgIpc) is 3.34. The van der Waals surface area contributed by atoms with Gasteiger partial charge in [-0.05, 0) is 28.6 Å². The average molecular weight is 337 g/mol. The van der Waals surface area contributed by atoms with Crippen molar-refractivity contribution in [2.24, 2.45) is 0 Å². The highest BCUT2D eigenvalue weighted by Gasteiger charge is 2.28. The van der Waals surface area contributed by atoms with Gasteiger partial charge in [0.2, 0.25) is 5.88 Å². The highest BCUT2D eigenvalue weighted by molar-refractivity contribution is 5.95. The molecule has 3 aromatic rings. The molecule has 9 heteroatoms. The van der Waals surface area contributed by atoms with Crippen molar-refractivity contribution in [1.82, 2.24) is 35.1 Å². The molecule has 126 valence electrons. The van der Waals surface area contributed by atoms with Gasteiger partial charge in [-0.15, -0.1) is 5.10 Å². The molecule has 2 aromatic heterocycles. The van der Waals surface area contributed by atoms with Gasteiger partial charge in [-0.1, -0.05) is 6.07 Å². The Morgan fingerprint density at radius 1 is 1.28 bits per heavy atom. The van der Waals surface area contributed by atoms with Crippen LogP contribution in [0.1, 0.15) is 16.8 Å². The maximum Gasteiger partial charge on any atom is 0.254 e. The first-order valence-corrected chi connectivity index (χ1v) is 7.85. The molecule has 1 atom stereocenters. The molecule has 0 saturated carbocycles. The van der Waals surface area contributed by atoms with Crippen LogP contribution >= 0.6 is 0 Å². The molecule has 4 rings (SSSR count). The minimum atomic E-state index is -0.0802. The zero-order valence-corrected chi connectivity index (χ0v) is 13.3. The van der Waals surface area contributed by atoms with Crippen LogP contribution in [-0.2, 0) is 0 Å². The van der Waals surface area contributed by atoms with E-state index < -0.39 is 0 Å². The number of rotatable bonds is 4. The van der Waals surface area contributed by atoms with Crippen molar-refractivity contribution in [2.75, 3.05) is 13.1 Å². The Hall–Kier alpha value is -3.36. The van der Waals surface area contributed by atoms with Gasteiger partial charge >= 0.3 is 0 Å². The first-order valence-electron chi connectivity index (χ1n) is 7.85. The number of likely N-dealkylation sites (tertiary alicyclic amines) is 1. The van der Waals surface area contributed by atoms with Gasteiger partial charge < -0.3 is 9.64 Å². The summed E-state index contributed by atoms with van der Waals surface area (Å²) in [4.78, 5) is 22.6. The lowest BCUT2D eigenvalue weighted by Gasteiger charge is -2.17. The van der Waals surface area contributed by atoms with Gasteiger partial charge in [0, 0.05) is 30.9 Å². The van der Waals surface area contributed by atoms with Crippen LogP contribution in [-0.4, -0.2) is 60.2 Å². The van der Waals surface area contributed by atoms with Crippen LogP contribution < -0.4 is 4.74 Å². The monoisotopic (exact) mass is 337 g/mol. The number of tetrazole rings is 1. The number of ether oxygens (including phenoxy) is 1. The Balaban J connectivity index is 1.44. The van der Waals surface area contributed by atoms with Crippen LogP contribution in [0.5, 0.6) is 5.88 Å². The van der Waals surface area contributed by atoms with E-state index in [4.69, 9.17) is 4.74 Å². The molecule has 9 nitrogen and oxygen atoms in total. The van der Waals surface area contributed by atoms with Crippen molar-refractivity contribution >= 4 is 5.91 Å². The molecule has 1 aromatic carbocycles. The highest BCUT2D eigenvalue weighted by Crippen LogP contribution is 2.19. The van der Waals surface area contributed by atoms with Crippen molar-refractivity contribution in [3.63, 3.8) is 0 Å². The summed E-state index contributed by atoms with van der Waals surface area (Å²) in [5.41, 5.74) is 1.33.